The summed E-state index contributed by atoms with van der Waals surface area (Å²) in [6.45, 7) is 2.74. The first-order valence-electron chi connectivity index (χ1n) is 9.13. The number of rotatable bonds is 4. The van der Waals surface area contributed by atoms with Gasteiger partial charge in [-0.05, 0) is 49.4 Å². The topological polar surface area (TPSA) is 93.1 Å². The molecule has 0 radical (unpaired) electrons. The van der Waals surface area contributed by atoms with Crippen molar-refractivity contribution < 1.29 is 22.8 Å². The number of nitrogens with one attached hydrogen (secondary N) is 2. The molecule has 1 heterocycles. The van der Waals surface area contributed by atoms with Gasteiger partial charge in [0.2, 0.25) is 11.3 Å². The van der Waals surface area contributed by atoms with Gasteiger partial charge in [-0.25, -0.2) is 4.68 Å². The molecule has 7 nitrogen and oxygen atoms in total. The maximum Gasteiger partial charge on any atom is 0.418 e. The maximum absolute atomic E-state index is 13.5. The van der Waals surface area contributed by atoms with E-state index in [1.165, 1.54) is 10.7 Å². The van der Waals surface area contributed by atoms with Gasteiger partial charge in [0, 0.05) is 29.4 Å². The van der Waals surface area contributed by atoms with Crippen LogP contribution in [0.15, 0.2) is 53.3 Å². The Morgan fingerprint density at radius 2 is 1.69 bits per heavy atom. The minimum atomic E-state index is -4.83. The van der Waals surface area contributed by atoms with Crippen LogP contribution in [0.3, 0.4) is 0 Å². The number of aromatic nitrogens is 2. The normalized spacial score (nSPS) is 11.2. The first-order chi connectivity index (χ1) is 15.0. The zero-order chi connectivity index (χ0) is 23.6. The van der Waals surface area contributed by atoms with E-state index in [1.807, 2.05) is 0 Å². The predicted octanol–water partition coefficient (Wildman–Crippen LogP) is 4.42. The van der Waals surface area contributed by atoms with Gasteiger partial charge >= 0.3 is 6.18 Å². The number of hydrogen-bond donors (Lipinski definition) is 2. The lowest BCUT2D eigenvalue weighted by atomic mass is 10.1. The number of hydrogen-bond acceptors (Lipinski definition) is 4. The van der Waals surface area contributed by atoms with E-state index >= 15 is 0 Å². The SMILES string of the molecule is CC(=O)Nc1ccc(NC(=O)c2nn(-c3ccc(Cl)cc3)c(C)cc2=O)c(C(F)(F)F)c1. The molecular weight excluding hydrogens is 449 g/mol. The zero-order valence-corrected chi connectivity index (χ0v) is 17.5. The zero-order valence-electron chi connectivity index (χ0n) is 16.7. The number of carbonyl (C=O) groups excluding carboxylic acids is 2. The summed E-state index contributed by atoms with van der Waals surface area (Å²) < 4.78 is 41.8. The number of nitrogens with zero attached hydrogens (tertiary/aromatic N) is 2. The van der Waals surface area contributed by atoms with Crippen LogP contribution in [0.25, 0.3) is 5.69 Å². The Morgan fingerprint density at radius 3 is 2.28 bits per heavy atom. The van der Waals surface area contributed by atoms with Gasteiger partial charge in [0.25, 0.3) is 5.91 Å². The Kier molecular flexibility index (Phi) is 6.35. The van der Waals surface area contributed by atoms with Crippen LogP contribution in [-0.4, -0.2) is 21.6 Å². The number of aryl methyl sites for hydroxylation is 1. The number of benzene rings is 2. The molecule has 0 unspecified atom stereocenters. The molecule has 3 aromatic rings. The summed E-state index contributed by atoms with van der Waals surface area (Å²) in [4.78, 5) is 36.2. The summed E-state index contributed by atoms with van der Waals surface area (Å²) in [5, 5.41) is 8.83. The van der Waals surface area contributed by atoms with Crippen LogP contribution >= 0.6 is 11.6 Å². The predicted molar refractivity (Wildman–Crippen MR) is 113 cm³/mol. The lowest BCUT2D eigenvalue weighted by Crippen LogP contribution is -2.27. The molecule has 32 heavy (non-hydrogen) atoms. The largest absolute Gasteiger partial charge is 0.418 e. The molecule has 3 rings (SSSR count). The lowest BCUT2D eigenvalue weighted by Gasteiger charge is -2.16. The van der Waals surface area contributed by atoms with Gasteiger partial charge in [0.15, 0.2) is 5.69 Å². The summed E-state index contributed by atoms with van der Waals surface area (Å²) in [6.07, 6.45) is -4.83. The number of amides is 2. The molecule has 0 saturated heterocycles. The number of anilines is 2. The van der Waals surface area contributed by atoms with Gasteiger partial charge < -0.3 is 10.6 Å². The van der Waals surface area contributed by atoms with Crippen molar-refractivity contribution >= 4 is 34.8 Å². The average Bonchev–Trinajstić information content (AvgIpc) is 2.69. The highest BCUT2D eigenvalue weighted by Crippen LogP contribution is 2.36. The molecule has 0 atom stereocenters. The standard InChI is InChI=1S/C21H16ClF3N4O3/c1-11-9-18(31)19(28-29(11)15-6-3-13(22)4-7-15)20(32)27-17-8-5-14(26-12(2)30)10-16(17)21(23,24)25/h3-10H,1-2H3,(H,26,30)(H,27,32). The molecule has 0 spiro atoms. The second-order valence-corrected chi connectivity index (χ2v) is 7.22. The van der Waals surface area contributed by atoms with Crippen LogP contribution in [0.2, 0.25) is 5.02 Å². The van der Waals surface area contributed by atoms with Gasteiger partial charge in [0.05, 0.1) is 16.9 Å². The fourth-order valence-corrected chi connectivity index (χ4v) is 3.02. The monoisotopic (exact) mass is 464 g/mol. The summed E-state index contributed by atoms with van der Waals surface area (Å²) in [5.74, 6) is -1.67. The van der Waals surface area contributed by atoms with E-state index in [9.17, 15) is 27.6 Å². The molecule has 2 aromatic carbocycles. The molecule has 11 heteroatoms. The fraction of sp³-hybridized carbons (Fsp3) is 0.143. The van der Waals surface area contributed by atoms with Crippen LogP contribution in [0, 0.1) is 6.92 Å². The van der Waals surface area contributed by atoms with Crippen molar-refractivity contribution in [2.75, 3.05) is 10.6 Å². The van der Waals surface area contributed by atoms with Crippen molar-refractivity contribution in [1.29, 1.82) is 0 Å². The van der Waals surface area contributed by atoms with Gasteiger partial charge in [-0.3, -0.25) is 14.4 Å². The van der Waals surface area contributed by atoms with Crippen molar-refractivity contribution in [3.63, 3.8) is 0 Å². The number of halogens is 4. The van der Waals surface area contributed by atoms with E-state index in [1.54, 1.807) is 31.2 Å². The molecule has 2 amide bonds. The van der Waals surface area contributed by atoms with E-state index in [0.717, 1.165) is 19.1 Å². The second-order valence-electron chi connectivity index (χ2n) is 6.78. The Bertz CT molecular complexity index is 1250. The molecule has 1 aromatic heterocycles. The van der Waals surface area contributed by atoms with Crippen molar-refractivity contribution in [3.05, 3.63) is 80.7 Å². The Balaban J connectivity index is 2.00. The molecule has 0 aliphatic rings. The van der Waals surface area contributed by atoms with E-state index in [2.05, 4.69) is 15.7 Å². The minimum absolute atomic E-state index is 0.0959. The Morgan fingerprint density at radius 1 is 1.03 bits per heavy atom. The highest BCUT2D eigenvalue weighted by atomic mass is 35.5. The summed E-state index contributed by atoms with van der Waals surface area (Å²) in [5.41, 5.74) is -2.32. The number of carbonyl (C=O) groups is 2. The number of alkyl halides is 3. The fourth-order valence-electron chi connectivity index (χ4n) is 2.90. The summed E-state index contributed by atoms with van der Waals surface area (Å²) in [7, 11) is 0. The first kappa shape index (κ1) is 23.0. The van der Waals surface area contributed by atoms with Crippen LogP contribution in [0.5, 0.6) is 0 Å². The molecule has 0 bridgehead atoms. The van der Waals surface area contributed by atoms with Crippen LogP contribution < -0.4 is 16.1 Å². The van der Waals surface area contributed by atoms with Crippen molar-refractivity contribution in [2.45, 2.75) is 20.0 Å². The first-order valence-corrected chi connectivity index (χ1v) is 9.50. The average molecular weight is 465 g/mol. The minimum Gasteiger partial charge on any atom is -0.326 e. The van der Waals surface area contributed by atoms with Crippen LogP contribution in [-0.2, 0) is 11.0 Å². The smallest absolute Gasteiger partial charge is 0.326 e. The van der Waals surface area contributed by atoms with E-state index < -0.39 is 40.4 Å². The Labute approximate surface area is 184 Å². The van der Waals surface area contributed by atoms with Crippen LogP contribution in [0.4, 0.5) is 24.5 Å². The van der Waals surface area contributed by atoms with E-state index in [0.29, 0.717) is 22.5 Å². The molecule has 166 valence electrons. The quantitative estimate of drug-likeness (QED) is 0.597. The van der Waals surface area contributed by atoms with Crippen molar-refractivity contribution in [1.82, 2.24) is 9.78 Å². The third kappa shape index (κ3) is 5.14. The second kappa shape index (κ2) is 8.83. The molecule has 0 saturated carbocycles. The molecular formula is C21H16ClF3N4O3. The molecule has 0 aliphatic heterocycles. The van der Waals surface area contributed by atoms with Gasteiger partial charge in [-0.15, -0.1) is 0 Å². The summed E-state index contributed by atoms with van der Waals surface area (Å²) in [6, 6.07) is 10.4. The van der Waals surface area contributed by atoms with Gasteiger partial charge in [0.1, 0.15) is 0 Å². The van der Waals surface area contributed by atoms with Crippen molar-refractivity contribution in [3.8, 4) is 5.69 Å². The van der Waals surface area contributed by atoms with Gasteiger partial charge in [-0.1, -0.05) is 11.6 Å². The van der Waals surface area contributed by atoms with E-state index in [-0.39, 0.29) is 5.69 Å². The third-order valence-electron chi connectivity index (χ3n) is 4.29. The van der Waals surface area contributed by atoms with Gasteiger partial charge in [-0.2, -0.15) is 18.3 Å². The van der Waals surface area contributed by atoms with Crippen molar-refractivity contribution in [2.24, 2.45) is 0 Å². The lowest BCUT2D eigenvalue weighted by molar-refractivity contribution is -0.137. The maximum atomic E-state index is 13.5. The highest BCUT2D eigenvalue weighted by Gasteiger charge is 2.34. The van der Waals surface area contributed by atoms with E-state index in [4.69, 9.17) is 11.6 Å². The third-order valence-corrected chi connectivity index (χ3v) is 4.54. The highest BCUT2D eigenvalue weighted by molar-refractivity contribution is 6.30. The van der Waals surface area contributed by atoms with Crippen LogP contribution in [0.1, 0.15) is 28.7 Å². The molecule has 0 aliphatic carbocycles. The Hall–Kier alpha value is -3.66. The summed E-state index contributed by atoms with van der Waals surface area (Å²) >= 11 is 5.87. The molecule has 2 N–H and O–H groups in total. The molecule has 0 fully saturated rings.